The van der Waals surface area contributed by atoms with Crippen LogP contribution in [0.1, 0.15) is 68.7 Å². The maximum Gasteiger partial charge on any atom is 0.318 e. The van der Waals surface area contributed by atoms with Gasteiger partial charge in [0.15, 0.2) is 11.6 Å². The van der Waals surface area contributed by atoms with Crippen LogP contribution in [-0.2, 0) is 14.3 Å². The molecule has 4 aliphatic rings. The average molecular weight is 420 g/mol. The number of ketones is 2. The molecular formula is C24H20O7. The van der Waals surface area contributed by atoms with Crippen LogP contribution in [-0.4, -0.2) is 37.7 Å². The van der Waals surface area contributed by atoms with E-state index in [4.69, 9.17) is 14.2 Å². The minimum Gasteiger partial charge on any atom is -0.496 e. The minimum absolute atomic E-state index is 0.172. The molecule has 2 atom stereocenters. The third-order valence-electron chi connectivity index (χ3n) is 6.79. The lowest BCUT2D eigenvalue weighted by Crippen LogP contribution is -2.43. The lowest BCUT2D eigenvalue weighted by atomic mass is 9.53. The summed E-state index contributed by atoms with van der Waals surface area (Å²) in [6.45, 7) is 2.91. The van der Waals surface area contributed by atoms with Crippen molar-refractivity contribution in [3.05, 3.63) is 57.6 Å². The first kappa shape index (κ1) is 19.5. The van der Waals surface area contributed by atoms with E-state index in [0.29, 0.717) is 44.9 Å². The van der Waals surface area contributed by atoms with Gasteiger partial charge in [0.2, 0.25) is 0 Å². The van der Waals surface area contributed by atoms with Crippen molar-refractivity contribution in [2.75, 3.05) is 14.2 Å². The molecule has 0 saturated carbocycles. The molecule has 158 valence electrons. The number of cyclic esters (lactones) is 2. The van der Waals surface area contributed by atoms with Crippen LogP contribution >= 0.6 is 0 Å². The van der Waals surface area contributed by atoms with E-state index < -0.39 is 35.6 Å². The van der Waals surface area contributed by atoms with Crippen molar-refractivity contribution in [2.24, 2.45) is 11.8 Å². The molecule has 0 N–H and O–H groups in total. The number of carbonyl (C=O) groups excluding carboxylic acids is 4. The van der Waals surface area contributed by atoms with Gasteiger partial charge in [-0.25, -0.2) is 0 Å². The fourth-order valence-corrected chi connectivity index (χ4v) is 5.74. The van der Waals surface area contributed by atoms with Crippen molar-refractivity contribution in [1.82, 2.24) is 0 Å². The van der Waals surface area contributed by atoms with Gasteiger partial charge >= 0.3 is 11.9 Å². The Bertz CT molecular complexity index is 1140. The number of carbonyl (C=O) groups is 4. The van der Waals surface area contributed by atoms with Gasteiger partial charge in [0.25, 0.3) is 0 Å². The zero-order chi connectivity index (χ0) is 22.2. The zero-order valence-corrected chi connectivity index (χ0v) is 17.5. The SMILES string of the molecule is COc1ccc(C(C)=O)c2c1C1c3c(OC)ccc(C(C)=O)c3C2[C@H]2C(=O)OC(=O)[C@@H]12. The molecule has 31 heavy (non-hydrogen) atoms. The highest BCUT2D eigenvalue weighted by atomic mass is 16.6. The van der Waals surface area contributed by atoms with Gasteiger partial charge < -0.3 is 14.2 Å². The monoisotopic (exact) mass is 420 g/mol. The molecule has 1 aliphatic heterocycles. The molecule has 0 radical (unpaired) electrons. The van der Waals surface area contributed by atoms with Crippen LogP contribution < -0.4 is 9.47 Å². The lowest BCUT2D eigenvalue weighted by Gasteiger charge is -2.47. The second-order valence-electron chi connectivity index (χ2n) is 8.14. The molecular weight excluding hydrogens is 400 g/mol. The summed E-state index contributed by atoms with van der Waals surface area (Å²) in [6.07, 6.45) is 0. The molecule has 6 rings (SSSR count). The molecule has 0 amide bonds. The number of ether oxygens (including phenoxy) is 3. The summed E-state index contributed by atoms with van der Waals surface area (Å²) < 4.78 is 16.3. The van der Waals surface area contributed by atoms with E-state index in [2.05, 4.69) is 0 Å². The molecule has 0 aromatic heterocycles. The van der Waals surface area contributed by atoms with Gasteiger partial charge in [-0.3, -0.25) is 19.2 Å². The van der Waals surface area contributed by atoms with Crippen molar-refractivity contribution in [2.45, 2.75) is 25.7 Å². The average Bonchev–Trinajstić information content (AvgIpc) is 3.06. The van der Waals surface area contributed by atoms with Crippen LogP contribution in [0, 0.1) is 11.8 Å². The van der Waals surface area contributed by atoms with Crippen LogP contribution in [0.3, 0.4) is 0 Å². The molecule has 3 aliphatic carbocycles. The highest BCUT2D eigenvalue weighted by molar-refractivity contribution is 6.05. The van der Waals surface area contributed by atoms with Gasteiger partial charge in [-0.1, -0.05) is 0 Å². The zero-order valence-electron chi connectivity index (χ0n) is 17.5. The molecule has 7 heteroatoms. The van der Waals surface area contributed by atoms with Gasteiger partial charge in [-0.15, -0.1) is 0 Å². The van der Waals surface area contributed by atoms with Crippen LogP contribution in [0.25, 0.3) is 0 Å². The van der Waals surface area contributed by atoms with Crippen LogP contribution in [0.2, 0.25) is 0 Å². The number of benzene rings is 2. The molecule has 2 aromatic rings. The Morgan fingerprint density at radius 3 is 1.45 bits per heavy atom. The second kappa shape index (κ2) is 6.51. The van der Waals surface area contributed by atoms with E-state index in [0.717, 1.165) is 0 Å². The Morgan fingerprint density at radius 1 is 0.710 bits per heavy atom. The third kappa shape index (κ3) is 2.34. The summed E-state index contributed by atoms with van der Waals surface area (Å²) in [4.78, 5) is 50.8. The van der Waals surface area contributed by atoms with Gasteiger partial charge in [0.1, 0.15) is 11.5 Å². The minimum atomic E-state index is -0.812. The number of esters is 2. The van der Waals surface area contributed by atoms with Gasteiger partial charge in [-0.05, 0) is 49.2 Å². The predicted octanol–water partition coefficient (Wildman–Crippen LogP) is 3.02. The van der Waals surface area contributed by atoms with Crippen molar-refractivity contribution >= 4 is 23.5 Å². The smallest absolute Gasteiger partial charge is 0.318 e. The quantitative estimate of drug-likeness (QED) is 0.426. The fraction of sp³-hybridized carbons (Fsp3) is 0.333. The molecule has 1 fully saturated rings. The summed E-state index contributed by atoms with van der Waals surface area (Å²) in [7, 11) is 3.04. The van der Waals surface area contributed by atoms with E-state index >= 15 is 0 Å². The molecule has 1 saturated heterocycles. The Balaban J connectivity index is 1.98. The van der Waals surface area contributed by atoms with Crippen molar-refractivity contribution in [3.8, 4) is 11.5 Å². The number of hydrogen-bond donors (Lipinski definition) is 0. The fourth-order valence-electron chi connectivity index (χ4n) is 5.74. The van der Waals surface area contributed by atoms with Crippen molar-refractivity contribution in [1.29, 1.82) is 0 Å². The van der Waals surface area contributed by atoms with Crippen LogP contribution in [0.15, 0.2) is 24.3 Å². The second-order valence-corrected chi connectivity index (χ2v) is 8.14. The van der Waals surface area contributed by atoms with Crippen molar-refractivity contribution < 1.29 is 33.4 Å². The lowest BCUT2D eigenvalue weighted by molar-refractivity contribution is -0.153. The molecule has 0 unspecified atom stereocenters. The number of methoxy groups -OCH3 is 2. The van der Waals surface area contributed by atoms with E-state index in [1.165, 1.54) is 28.1 Å². The third-order valence-corrected chi connectivity index (χ3v) is 6.79. The highest BCUT2D eigenvalue weighted by Crippen LogP contribution is 2.65. The first-order chi connectivity index (χ1) is 14.8. The predicted molar refractivity (Wildman–Crippen MR) is 108 cm³/mol. The standard InChI is InChI=1S/C24H20O7/c1-9(25)11-5-7-13(29-3)17-15(11)19-16-12(10(2)26)6-8-14(30-4)18(16)20(17)22-21(19)23(27)31-24(22)28/h5-8,19-22H,1-4H3/t19?,20?,21-,22+/m1/s1. The van der Waals surface area contributed by atoms with Gasteiger partial charge in [-0.2, -0.15) is 0 Å². The van der Waals surface area contributed by atoms with E-state index in [9.17, 15) is 19.2 Å². The largest absolute Gasteiger partial charge is 0.496 e. The summed E-state index contributed by atoms with van der Waals surface area (Å²) in [6, 6.07) is 6.75. The maximum absolute atomic E-state index is 12.8. The number of hydrogen-bond acceptors (Lipinski definition) is 7. The Labute approximate surface area is 178 Å². The van der Waals surface area contributed by atoms with E-state index in [-0.39, 0.29) is 11.6 Å². The summed E-state index contributed by atoms with van der Waals surface area (Å²) in [5.41, 5.74) is 3.51. The molecule has 1 heterocycles. The summed E-state index contributed by atoms with van der Waals surface area (Å²) >= 11 is 0. The number of Topliss-reactive ketones (excluding diaryl/α,β-unsaturated/α-hetero) is 2. The first-order valence-electron chi connectivity index (χ1n) is 10.0. The normalized spacial score (nSPS) is 24.8. The number of rotatable bonds is 4. The van der Waals surface area contributed by atoms with Crippen LogP contribution in [0.5, 0.6) is 11.5 Å². The highest BCUT2D eigenvalue weighted by Gasteiger charge is 2.63. The van der Waals surface area contributed by atoms with E-state index in [1.807, 2.05) is 0 Å². The molecule has 2 aromatic carbocycles. The maximum atomic E-state index is 12.8. The molecule has 7 nitrogen and oxygen atoms in total. The van der Waals surface area contributed by atoms with Crippen molar-refractivity contribution in [3.63, 3.8) is 0 Å². The summed E-state index contributed by atoms with van der Waals surface area (Å²) in [5, 5.41) is 0. The topological polar surface area (TPSA) is 96.0 Å². The van der Waals surface area contributed by atoms with Crippen LogP contribution in [0.4, 0.5) is 0 Å². The Morgan fingerprint density at radius 2 is 1.10 bits per heavy atom. The molecule has 2 bridgehead atoms. The summed E-state index contributed by atoms with van der Waals surface area (Å²) in [5.74, 6) is -3.46. The Hall–Kier alpha value is -3.48. The van der Waals surface area contributed by atoms with Gasteiger partial charge in [0, 0.05) is 34.1 Å². The van der Waals surface area contributed by atoms with Gasteiger partial charge in [0.05, 0.1) is 26.1 Å². The van der Waals surface area contributed by atoms with E-state index in [1.54, 1.807) is 24.3 Å². The Kier molecular flexibility index (Phi) is 4.09. The molecule has 0 spiro atoms. The first-order valence-corrected chi connectivity index (χ1v) is 10.0.